The fourth-order valence-corrected chi connectivity index (χ4v) is 2.46. The molecule has 0 saturated carbocycles. The van der Waals surface area contributed by atoms with Crippen molar-refractivity contribution in [2.75, 3.05) is 6.67 Å². The summed E-state index contributed by atoms with van der Waals surface area (Å²) in [6.07, 6.45) is 1.30. The van der Waals surface area contributed by atoms with Crippen LogP contribution in [0.5, 0.6) is 0 Å². The van der Waals surface area contributed by atoms with E-state index < -0.39 is 24.4 Å². The van der Waals surface area contributed by atoms with Crippen LogP contribution in [-0.4, -0.2) is 22.8 Å². The number of carbonyl (C=O) groups excluding carboxylic acids is 1. The number of benzene rings is 2. The molecule has 122 valence electrons. The molecule has 2 aromatic carbocycles. The van der Waals surface area contributed by atoms with Gasteiger partial charge in [-0.3, -0.25) is 9.89 Å². The molecule has 3 rings (SSSR count). The summed E-state index contributed by atoms with van der Waals surface area (Å²) in [5.41, 5.74) is 1.31. The van der Waals surface area contributed by atoms with Crippen molar-refractivity contribution in [3.05, 3.63) is 77.7 Å². The maximum Gasteiger partial charge on any atom is 0.255 e. The molecular weight excluding hydrogens is 312 g/mol. The summed E-state index contributed by atoms with van der Waals surface area (Å²) in [6.45, 7) is -0.747. The lowest BCUT2D eigenvalue weighted by Gasteiger charge is -2.16. The maximum atomic E-state index is 14.0. The molecule has 1 aromatic heterocycles. The minimum absolute atomic E-state index is 0.162. The van der Waals surface area contributed by atoms with Gasteiger partial charge in [0.15, 0.2) is 0 Å². The summed E-state index contributed by atoms with van der Waals surface area (Å²) < 4.78 is 27.3. The number of carbonyl (C=O) groups is 1. The number of rotatable bonds is 5. The van der Waals surface area contributed by atoms with E-state index in [9.17, 15) is 13.6 Å². The Hall–Kier alpha value is -3.02. The predicted octanol–water partition coefficient (Wildman–Crippen LogP) is 3.66. The van der Waals surface area contributed by atoms with Crippen LogP contribution in [0.1, 0.15) is 22.0 Å². The monoisotopic (exact) mass is 327 g/mol. The van der Waals surface area contributed by atoms with E-state index >= 15 is 0 Å². The number of nitrogens with one attached hydrogen (secondary N) is 2. The molecule has 1 atom stereocenters. The zero-order chi connectivity index (χ0) is 16.9. The average Bonchev–Trinajstić information content (AvgIpc) is 3.10. The number of hydrogen-bond donors (Lipinski definition) is 2. The van der Waals surface area contributed by atoms with Gasteiger partial charge in [-0.25, -0.2) is 8.78 Å². The topological polar surface area (TPSA) is 57.8 Å². The summed E-state index contributed by atoms with van der Waals surface area (Å²) in [5.74, 6) is -0.991. The van der Waals surface area contributed by atoms with Crippen molar-refractivity contribution >= 4 is 5.91 Å². The molecule has 0 fully saturated rings. The molecule has 0 aliphatic rings. The van der Waals surface area contributed by atoms with Crippen molar-refractivity contribution in [1.29, 1.82) is 0 Å². The first-order valence-corrected chi connectivity index (χ1v) is 7.40. The van der Waals surface area contributed by atoms with Crippen molar-refractivity contribution < 1.29 is 13.6 Å². The van der Waals surface area contributed by atoms with E-state index in [1.54, 1.807) is 42.5 Å². The van der Waals surface area contributed by atoms with Crippen LogP contribution in [-0.2, 0) is 0 Å². The molecular formula is C18H15F2N3O. The van der Waals surface area contributed by atoms with E-state index in [1.807, 2.05) is 6.07 Å². The Balaban J connectivity index is 1.87. The van der Waals surface area contributed by atoms with Crippen molar-refractivity contribution in [3.8, 4) is 11.3 Å². The first kappa shape index (κ1) is 15.9. The normalized spacial score (nSPS) is 11.9. The van der Waals surface area contributed by atoms with Crippen LogP contribution >= 0.6 is 0 Å². The van der Waals surface area contributed by atoms with Crippen molar-refractivity contribution in [2.24, 2.45) is 0 Å². The van der Waals surface area contributed by atoms with Crippen molar-refractivity contribution in [3.63, 3.8) is 0 Å². The van der Waals surface area contributed by atoms with Gasteiger partial charge < -0.3 is 5.32 Å². The molecule has 24 heavy (non-hydrogen) atoms. The summed E-state index contributed by atoms with van der Waals surface area (Å²) in [5, 5.41) is 9.07. The van der Waals surface area contributed by atoms with E-state index in [0.717, 1.165) is 0 Å². The van der Waals surface area contributed by atoms with Crippen LogP contribution in [0.4, 0.5) is 8.78 Å². The minimum atomic E-state index is -0.776. The number of H-pyrrole nitrogens is 1. The van der Waals surface area contributed by atoms with E-state index in [2.05, 4.69) is 15.5 Å². The Morgan fingerprint density at radius 3 is 2.54 bits per heavy atom. The van der Waals surface area contributed by atoms with Gasteiger partial charge in [-0.1, -0.05) is 42.5 Å². The summed E-state index contributed by atoms with van der Waals surface area (Å²) >= 11 is 0. The quantitative estimate of drug-likeness (QED) is 0.751. The standard InChI is InChI=1S/C18H15F2N3O/c19-10-16(12-6-2-1-3-7-12)22-18(24)14-11-21-23-17(14)13-8-4-5-9-15(13)20/h1-9,11,16H,10H2,(H,21,23)(H,22,24). The van der Waals surface area contributed by atoms with Crippen LogP contribution in [0.2, 0.25) is 0 Å². The number of amides is 1. The largest absolute Gasteiger partial charge is 0.342 e. The molecule has 0 aliphatic carbocycles. The van der Waals surface area contributed by atoms with Crippen LogP contribution in [0, 0.1) is 5.82 Å². The Bertz CT molecular complexity index is 833. The van der Waals surface area contributed by atoms with Crippen molar-refractivity contribution in [2.45, 2.75) is 6.04 Å². The second kappa shape index (κ2) is 7.04. The van der Waals surface area contributed by atoms with E-state index in [1.165, 1.54) is 12.3 Å². The second-order valence-electron chi connectivity index (χ2n) is 5.23. The van der Waals surface area contributed by atoms with Gasteiger partial charge in [0.2, 0.25) is 0 Å². The van der Waals surface area contributed by atoms with Crippen LogP contribution < -0.4 is 5.32 Å². The zero-order valence-electron chi connectivity index (χ0n) is 12.7. The molecule has 0 saturated heterocycles. The fraction of sp³-hybridized carbons (Fsp3) is 0.111. The molecule has 0 spiro atoms. The first-order valence-electron chi connectivity index (χ1n) is 7.40. The van der Waals surface area contributed by atoms with Crippen molar-refractivity contribution in [1.82, 2.24) is 15.5 Å². The Morgan fingerprint density at radius 2 is 1.83 bits per heavy atom. The van der Waals surface area contributed by atoms with Gasteiger partial charge in [0.25, 0.3) is 5.91 Å². The molecule has 6 heteroatoms. The molecule has 1 unspecified atom stereocenters. The SMILES string of the molecule is O=C(NC(CF)c1ccccc1)c1cn[nH]c1-c1ccccc1F. The fourth-order valence-electron chi connectivity index (χ4n) is 2.46. The van der Waals surface area contributed by atoms with Gasteiger partial charge in [0, 0.05) is 5.56 Å². The third-order valence-corrected chi connectivity index (χ3v) is 3.69. The van der Waals surface area contributed by atoms with Gasteiger partial charge in [-0.2, -0.15) is 5.10 Å². The highest BCUT2D eigenvalue weighted by Gasteiger charge is 2.21. The number of aromatic nitrogens is 2. The molecule has 0 aliphatic heterocycles. The number of alkyl halides is 1. The highest BCUT2D eigenvalue weighted by molar-refractivity contribution is 6.00. The summed E-state index contributed by atoms with van der Waals surface area (Å²) in [7, 11) is 0. The third kappa shape index (κ3) is 3.17. The van der Waals surface area contributed by atoms with Crippen LogP contribution in [0.25, 0.3) is 11.3 Å². The lowest BCUT2D eigenvalue weighted by molar-refractivity contribution is 0.0930. The van der Waals surface area contributed by atoms with E-state index in [-0.39, 0.29) is 16.8 Å². The predicted molar refractivity (Wildman–Crippen MR) is 86.6 cm³/mol. The summed E-state index contributed by atoms with van der Waals surface area (Å²) in [4.78, 5) is 12.5. The number of halogens is 2. The zero-order valence-corrected chi connectivity index (χ0v) is 12.7. The molecule has 0 radical (unpaired) electrons. The van der Waals surface area contributed by atoms with Gasteiger partial charge in [0.1, 0.15) is 12.5 Å². The Morgan fingerprint density at radius 1 is 1.12 bits per heavy atom. The highest BCUT2D eigenvalue weighted by atomic mass is 19.1. The van der Waals surface area contributed by atoms with E-state index in [0.29, 0.717) is 5.56 Å². The van der Waals surface area contributed by atoms with Crippen LogP contribution in [0.3, 0.4) is 0 Å². The smallest absolute Gasteiger partial charge is 0.255 e. The first-order chi connectivity index (χ1) is 11.7. The number of nitrogens with zero attached hydrogens (tertiary/aromatic N) is 1. The van der Waals surface area contributed by atoms with Gasteiger partial charge in [-0.05, 0) is 17.7 Å². The van der Waals surface area contributed by atoms with Gasteiger partial charge in [-0.15, -0.1) is 0 Å². The summed E-state index contributed by atoms with van der Waals surface area (Å²) in [6, 6.07) is 14.1. The molecule has 1 amide bonds. The minimum Gasteiger partial charge on any atom is -0.342 e. The number of hydrogen-bond acceptors (Lipinski definition) is 2. The average molecular weight is 327 g/mol. The molecule has 1 heterocycles. The molecule has 3 aromatic rings. The maximum absolute atomic E-state index is 14.0. The molecule has 0 bridgehead atoms. The van der Waals surface area contributed by atoms with Gasteiger partial charge >= 0.3 is 0 Å². The second-order valence-corrected chi connectivity index (χ2v) is 5.23. The van der Waals surface area contributed by atoms with E-state index in [4.69, 9.17) is 0 Å². The van der Waals surface area contributed by atoms with Crippen LogP contribution in [0.15, 0.2) is 60.8 Å². The number of aromatic amines is 1. The Kier molecular flexibility index (Phi) is 4.65. The Labute approximate surface area is 137 Å². The molecule has 4 nitrogen and oxygen atoms in total. The highest BCUT2D eigenvalue weighted by Crippen LogP contribution is 2.24. The molecule has 2 N–H and O–H groups in total. The van der Waals surface area contributed by atoms with Gasteiger partial charge in [0.05, 0.1) is 23.5 Å². The lowest BCUT2D eigenvalue weighted by atomic mass is 10.1. The lowest BCUT2D eigenvalue weighted by Crippen LogP contribution is -2.30. The third-order valence-electron chi connectivity index (χ3n) is 3.69.